The van der Waals surface area contributed by atoms with Gasteiger partial charge in [-0.2, -0.15) is 5.26 Å². The Morgan fingerprint density at radius 1 is 1.22 bits per heavy atom. The molecule has 1 fully saturated rings. The van der Waals surface area contributed by atoms with Crippen molar-refractivity contribution in [1.82, 2.24) is 15.1 Å². The highest BCUT2D eigenvalue weighted by Crippen LogP contribution is 2.12. The summed E-state index contributed by atoms with van der Waals surface area (Å²) in [5.41, 5.74) is 0.530. The number of carbonyl (C=O) groups excluding carboxylic acids is 1. The minimum absolute atomic E-state index is 0.229. The summed E-state index contributed by atoms with van der Waals surface area (Å²) in [5, 5.41) is 11.9. The predicted octanol–water partition coefficient (Wildman–Crippen LogP) is 1.65. The highest BCUT2D eigenvalue weighted by atomic mass is 32.1. The Labute approximate surface area is 165 Å². The van der Waals surface area contributed by atoms with Gasteiger partial charge in [0.05, 0.1) is 12.7 Å². The molecule has 0 atom stereocenters. The molecule has 1 amide bonds. The van der Waals surface area contributed by atoms with Crippen LogP contribution in [-0.4, -0.2) is 73.4 Å². The lowest BCUT2D eigenvalue weighted by atomic mass is 10.2. The number of nitrogens with zero attached hydrogens (tertiary/aromatic N) is 3. The second-order valence-corrected chi connectivity index (χ2v) is 6.45. The molecule has 27 heavy (non-hydrogen) atoms. The summed E-state index contributed by atoms with van der Waals surface area (Å²) < 4.78 is 10.8. The number of piperazine rings is 1. The van der Waals surface area contributed by atoms with Crippen LogP contribution in [0.2, 0.25) is 0 Å². The molecule has 1 N–H and O–H groups in total. The zero-order valence-corrected chi connectivity index (χ0v) is 16.5. The van der Waals surface area contributed by atoms with Crippen molar-refractivity contribution in [3.63, 3.8) is 0 Å². The number of benzene rings is 1. The van der Waals surface area contributed by atoms with E-state index in [4.69, 9.17) is 27.0 Å². The number of carbonyl (C=O) groups is 1. The number of nitrogens with one attached hydrogen (secondary N) is 1. The van der Waals surface area contributed by atoms with Crippen LogP contribution in [0, 0.1) is 11.3 Å². The van der Waals surface area contributed by atoms with E-state index in [1.165, 1.54) is 0 Å². The molecular weight excluding hydrogens is 364 g/mol. The highest BCUT2D eigenvalue weighted by Gasteiger charge is 2.20. The van der Waals surface area contributed by atoms with Gasteiger partial charge in [-0.1, -0.05) is 0 Å². The first kappa shape index (κ1) is 21.1. The Kier molecular flexibility index (Phi) is 8.98. The fourth-order valence-corrected chi connectivity index (χ4v) is 2.97. The number of hydrogen-bond acceptors (Lipinski definition) is 6. The zero-order chi connectivity index (χ0) is 19.5. The molecule has 146 valence electrons. The number of ether oxygens (including phenoxy) is 2. The fourth-order valence-electron chi connectivity index (χ4n) is 2.70. The van der Waals surface area contributed by atoms with Gasteiger partial charge < -0.3 is 14.4 Å². The van der Waals surface area contributed by atoms with Crippen LogP contribution in [0.5, 0.6) is 5.75 Å². The van der Waals surface area contributed by atoms with Crippen molar-refractivity contribution >= 4 is 23.2 Å². The van der Waals surface area contributed by atoms with E-state index >= 15 is 0 Å². The summed E-state index contributed by atoms with van der Waals surface area (Å²) in [6.07, 6.45) is 0.534. The van der Waals surface area contributed by atoms with Gasteiger partial charge in [0.2, 0.25) is 0 Å². The van der Waals surface area contributed by atoms with Gasteiger partial charge in [-0.05, 0) is 43.4 Å². The topological polar surface area (TPSA) is 77.8 Å². The summed E-state index contributed by atoms with van der Waals surface area (Å²) in [7, 11) is 0. The van der Waals surface area contributed by atoms with Gasteiger partial charge in [0.1, 0.15) is 12.4 Å². The maximum absolute atomic E-state index is 12.4. The molecule has 0 aromatic heterocycles. The number of rotatable bonds is 8. The number of amides is 1. The van der Waals surface area contributed by atoms with Crippen molar-refractivity contribution < 1.29 is 14.3 Å². The van der Waals surface area contributed by atoms with Crippen molar-refractivity contribution in [2.24, 2.45) is 0 Å². The van der Waals surface area contributed by atoms with Crippen LogP contribution < -0.4 is 10.1 Å². The van der Waals surface area contributed by atoms with Gasteiger partial charge in [-0.3, -0.25) is 15.0 Å². The zero-order valence-electron chi connectivity index (χ0n) is 15.6. The molecule has 1 aliphatic heterocycles. The van der Waals surface area contributed by atoms with Gasteiger partial charge in [0, 0.05) is 51.3 Å². The van der Waals surface area contributed by atoms with Crippen molar-refractivity contribution in [1.29, 1.82) is 5.26 Å². The summed E-state index contributed by atoms with van der Waals surface area (Å²) in [6, 6.07) is 9.12. The molecule has 0 radical (unpaired) electrons. The maximum atomic E-state index is 12.4. The standard InChI is InChI=1S/C19H26N4O3S/c1-2-25-14-15-26-17-6-4-16(5-7-17)18(24)21-19(27)23-12-10-22(11-13-23)9-3-8-20/h4-7H,2-3,9-15H2,1H3,(H,21,24,27). The Bertz CT molecular complexity index is 652. The average molecular weight is 391 g/mol. The Balaban J connectivity index is 1.76. The third-order valence-electron chi connectivity index (χ3n) is 4.24. The quantitative estimate of drug-likeness (QED) is 0.534. The van der Waals surface area contributed by atoms with Crippen molar-refractivity contribution in [2.75, 3.05) is 52.5 Å². The predicted molar refractivity (Wildman–Crippen MR) is 107 cm³/mol. The molecule has 1 aromatic carbocycles. The first-order valence-electron chi connectivity index (χ1n) is 9.14. The normalized spacial score (nSPS) is 14.4. The Morgan fingerprint density at radius 3 is 2.56 bits per heavy atom. The van der Waals surface area contributed by atoms with E-state index in [9.17, 15) is 4.79 Å². The van der Waals surface area contributed by atoms with Crippen molar-refractivity contribution in [3.05, 3.63) is 29.8 Å². The first-order valence-corrected chi connectivity index (χ1v) is 9.55. The molecule has 0 aliphatic carbocycles. The first-order chi connectivity index (χ1) is 13.1. The maximum Gasteiger partial charge on any atom is 0.257 e. The highest BCUT2D eigenvalue weighted by molar-refractivity contribution is 7.80. The molecule has 1 aliphatic rings. The van der Waals surface area contributed by atoms with Crippen LogP contribution in [0.3, 0.4) is 0 Å². The molecular formula is C19H26N4O3S. The van der Waals surface area contributed by atoms with Gasteiger partial charge in [0.25, 0.3) is 5.91 Å². The summed E-state index contributed by atoms with van der Waals surface area (Å²) in [6.45, 7) is 7.57. The smallest absolute Gasteiger partial charge is 0.257 e. The van der Waals surface area contributed by atoms with E-state index in [-0.39, 0.29) is 5.91 Å². The lowest BCUT2D eigenvalue weighted by molar-refractivity contribution is 0.0969. The van der Waals surface area contributed by atoms with Gasteiger partial charge in [0.15, 0.2) is 5.11 Å². The van der Waals surface area contributed by atoms with Crippen molar-refractivity contribution in [3.8, 4) is 11.8 Å². The molecule has 0 saturated carbocycles. The SMILES string of the molecule is CCOCCOc1ccc(C(=O)NC(=S)N2CCN(CCC#N)CC2)cc1. The van der Waals surface area contributed by atoms with Gasteiger partial charge in [-0.15, -0.1) is 0 Å². The van der Waals surface area contributed by atoms with Gasteiger partial charge in [-0.25, -0.2) is 0 Å². The molecule has 2 rings (SSSR count). The third-order valence-corrected chi connectivity index (χ3v) is 4.60. The van der Waals surface area contributed by atoms with E-state index in [1.807, 2.05) is 11.8 Å². The molecule has 8 heteroatoms. The average Bonchev–Trinajstić information content (AvgIpc) is 2.70. The van der Waals surface area contributed by atoms with Crippen LogP contribution in [-0.2, 0) is 4.74 Å². The number of thiocarbonyl (C=S) groups is 1. The molecule has 0 spiro atoms. The van der Waals surface area contributed by atoms with Crippen LogP contribution in [0.1, 0.15) is 23.7 Å². The minimum Gasteiger partial charge on any atom is -0.491 e. The van der Waals surface area contributed by atoms with Crippen LogP contribution in [0.4, 0.5) is 0 Å². The summed E-state index contributed by atoms with van der Waals surface area (Å²) >= 11 is 5.37. The molecule has 1 heterocycles. The largest absolute Gasteiger partial charge is 0.491 e. The van der Waals surface area contributed by atoms with Gasteiger partial charge >= 0.3 is 0 Å². The monoisotopic (exact) mass is 390 g/mol. The molecule has 1 aromatic rings. The molecule has 0 bridgehead atoms. The van der Waals surface area contributed by atoms with E-state index in [2.05, 4.69) is 16.3 Å². The number of hydrogen-bond donors (Lipinski definition) is 1. The molecule has 7 nitrogen and oxygen atoms in total. The Morgan fingerprint density at radius 2 is 1.93 bits per heavy atom. The molecule has 1 saturated heterocycles. The van der Waals surface area contributed by atoms with Crippen molar-refractivity contribution in [2.45, 2.75) is 13.3 Å². The molecule has 0 unspecified atom stereocenters. The summed E-state index contributed by atoms with van der Waals surface area (Å²) in [4.78, 5) is 16.6. The number of nitriles is 1. The lowest BCUT2D eigenvalue weighted by Gasteiger charge is -2.35. The Hall–Kier alpha value is -2.21. The van der Waals surface area contributed by atoms with E-state index < -0.39 is 0 Å². The second kappa shape index (κ2) is 11.5. The van der Waals surface area contributed by atoms with E-state index in [0.717, 1.165) is 32.7 Å². The van der Waals surface area contributed by atoms with E-state index in [0.29, 0.717) is 42.7 Å². The van der Waals surface area contributed by atoms with E-state index in [1.54, 1.807) is 24.3 Å². The minimum atomic E-state index is -0.229. The van der Waals surface area contributed by atoms with Crippen LogP contribution in [0.15, 0.2) is 24.3 Å². The third kappa shape index (κ3) is 7.13. The lowest BCUT2D eigenvalue weighted by Crippen LogP contribution is -2.52. The fraction of sp³-hybridized carbons (Fsp3) is 0.526. The van der Waals surface area contributed by atoms with Crippen LogP contribution >= 0.6 is 12.2 Å². The summed E-state index contributed by atoms with van der Waals surface area (Å²) in [5.74, 6) is 0.468. The second-order valence-electron chi connectivity index (χ2n) is 6.07. The van der Waals surface area contributed by atoms with Crippen LogP contribution in [0.25, 0.3) is 0 Å².